The third-order valence-corrected chi connectivity index (χ3v) is 11.4. The number of nitrogens with zero attached hydrogens (tertiary/aromatic N) is 4. The first-order valence-electron chi connectivity index (χ1n) is 23.5. The summed E-state index contributed by atoms with van der Waals surface area (Å²) < 4.78 is 0. The van der Waals surface area contributed by atoms with E-state index in [2.05, 4.69) is 223 Å². The van der Waals surface area contributed by atoms with Crippen LogP contribution >= 0.6 is 0 Å². The zero-order valence-corrected chi connectivity index (χ0v) is 46.5. The predicted octanol–water partition coefficient (Wildman–Crippen LogP) is 19.4. The molecule has 0 aliphatic rings. The molecule has 0 heterocycles. The van der Waals surface area contributed by atoms with Gasteiger partial charge < -0.3 is 21.6 Å². The molecule has 0 aliphatic heterocycles. The summed E-state index contributed by atoms with van der Waals surface area (Å²) in [7, 11) is 0. The van der Waals surface area contributed by atoms with E-state index in [9.17, 15) is 0 Å². The fourth-order valence-corrected chi connectivity index (χ4v) is 8.00. The molecule has 6 nitrogen and oxygen atoms in total. The summed E-state index contributed by atoms with van der Waals surface area (Å²) >= 11 is 0. The van der Waals surface area contributed by atoms with Gasteiger partial charge in [0.25, 0.3) is 0 Å². The average Bonchev–Trinajstić information content (AvgIpc) is 3.17. The van der Waals surface area contributed by atoms with E-state index in [1.165, 1.54) is 44.5 Å². The second-order valence-electron chi connectivity index (χ2n) is 19.7. The normalized spacial score (nSPS) is 12.3. The Hall–Kier alpha value is -3.74. The Kier molecular flexibility index (Phi) is 29.1. The first-order chi connectivity index (χ1) is 29.0. The fraction of sp³-hybridized carbons (Fsp3) is 0.483. The van der Waals surface area contributed by atoms with Crippen molar-refractivity contribution >= 4 is 34.2 Å². The minimum absolute atomic E-state index is 0. The largest absolute Gasteiger partial charge is 2.00 e. The van der Waals surface area contributed by atoms with Crippen LogP contribution in [0.5, 0.6) is 0 Å². The zero-order valence-electron chi connectivity index (χ0n) is 44.1. The molecule has 4 aromatic rings. The third kappa shape index (κ3) is 18.1. The topological polar surface area (TPSA) is 113 Å². The third-order valence-electron chi connectivity index (χ3n) is 11.4. The van der Waals surface area contributed by atoms with E-state index >= 15 is 0 Å². The van der Waals surface area contributed by atoms with Crippen molar-refractivity contribution in [2.24, 2.45) is 9.98 Å². The molecule has 0 amide bonds. The average molecular weight is 979 g/mol. The van der Waals surface area contributed by atoms with Crippen LogP contribution in [0.1, 0.15) is 230 Å². The van der Waals surface area contributed by atoms with E-state index in [1.54, 1.807) is 0 Å². The van der Waals surface area contributed by atoms with Gasteiger partial charge in [0.2, 0.25) is 0 Å². The van der Waals surface area contributed by atoms with Gasteiger partial charge in [-0.2, -0.15) is 11.4 Å². The Balaban J connectivity index is 0. The molecule has 66 heavy (non-hydrogen) atoms. The Bertz CT molecular complexity index is 1960. The molecule has 4 rings (SSSR count). The summed E-state index contributed by atoms with van der Waals surface area (Å²) in [6.07, 6.45) is 4.23. The number of allylic oxidation sites excluding steroid dienone is 4. The van der Waals surface area contributed by atoms with Crippen LogP contribution in [-0.2, 0) is 34.1 Å². The molecule has 2 N–H and O–H groups in total. The second-order valence-corrected chi connectivity index (χ2v) is 19.7. The summed E-state index contributed by atoms with van der Waals surface area (Å²) in [4.78, 5) is 10.2. The molecular formula is C58H84Mn2N4O2. The van der Waals surface area contributed by atoms with Crippen molar-refractivity contribution in [1.29, 1.82) is 0 Å². The molecular weight excluding hydrogens is 895 g/mol. The van der Waals surface area contributed by atoms with Crippen LogP contribution in [0.2, 0.25) is 0 Å². The van der Waals surface area contributed by atoms with Crippen molar-refractivity contribution in [1.82, 2.24) is 0 Å². The molecule has 4 aromatic carbocycles. The van der Waals surface area contributed by atoms with E-state index in [1.807, 2.05) is 0 Å². The fourth-order valence-electron chi connectivity index (χ4n) is 8.00. The van der Waals surface area contributed by atoms with Crippen LogP contribution in [0.4, 0.5) is 22.7 Å². The Labute approximate surface area is 424 Å². The maximum atomic E-state index is 5.08. The number of benzene rings is 4. The summed E-state index contributed by atoms with van der Waals surface area (Å²) in [5.41, 5.74) is 18.9. The quantitative estimate of drug-likeness (QED) is 0.0822. The van der Waals surface area contributed by atoms with Crippen LogP contribution in [0.3, 0.4) is 0 Å². The van der Waals surface area contributed by atoms with Crippen LogP contribution in [0.15, 0.2) is 106 Å². The van der Waals surface area contributed by atoms with Crippen molar-refractivity contribution in [3.8, 4) is 0 Å². The van der Waals surface area contributed by atoms with Gasteiger partial charge in [-0.05, 0) is 83.4 Å². The maximum Gasteiger partial charge on any atom is 2.00 e. The molecule has 0 fully saturated rings. The van der Waals surface area contributed by atoms with E-state index in [0.29, 0.717) is 47.3 Å². The summed E-state index contributed by atoms with van der Waals surface area (Å²) in [5.74, 6) is 3.49. The number of aliphatic imine (C=N–C) groups is 2. The Morgan fingerprint density at radius 3 is 0.712 bits per heavy atom. The molecule has 0 saturated heterocycles. The van der Waals surface area contributed by atoms with Gasteiger partial charge in [0.1, 0.15) is 0 Å². The number of hydrogen-bond acceptors (Lipinski definition) is 4. The van der Waals surface area contributed by atoms with Crippen LogP contribution in [0, 0.1) is 0 Å². The minimum atomic E-state index is 0. The summed E-state index contributed by atoms with van der Waals surface area (Å²) in [6, 6.07) is 26.3. The van der Waals surface area contributed by atoms with Gasteiger partial charge in [-0.15, -0.1) is 11.4 Å². The molecule has 0 bridgehead atoms. The predicted molar refractivity (Wildman–Crippen MR) is 281 cm³/mol. The van der Waals surface area contributed by atoms with Crippen LogP contribution in [-0.4, -0.2) is 22.4 Å². The van der Waals surface area contributed by atoms with E-state index in [0.717, 1.165) is 45.6 Å². The maximum absolute atomic E-state index is 5.08. The van der Waals surface area contributed by atoms with E-state index in [4.69, 9.17) is 20.6 Å². The summed E-state index contributed by atoms with van der Waals surface area (Å²) in [5, 5.41) is 10.2. The van der Waals surface area contributed by atoms with Gasteiger partial charge in [0, 0.05) is 11.4 Å². The van der Waals surface area contributed by atoms with Gasteiger partial charge >= 0.3 is 34.1 Å². The Morgan fingerprint density at radius 2 is 0.530 bits per heavy atom. The molecule has 8 heteroatoms. The van der Waals surface area contributed by atoms with Gasteiger partial charge in [-0.25, -0.2) is 0 Å². The number of rotatable bonds is 16. The van der Waals surface area contributed by atoms with Gasteiger partial charge in [0.15, 0.2) is 0 Å². The zero-order chi connectivity index (χ0) is 46.6. The van der Waals surface area contributed by atoms with Gasteiger partial charge in [-0.3, -0.25) is 9.98 Å². The van der Waals surface area contributed by atoms with Crippen molar-refractivity contribution in [2.45, 2.75) is 186 Å². The van der Waals surface area contributed by atoms with Crippen molar-refractivity contribution < 1.29 is 45.1 Å². The first kappa shape index (κ1) is 64.3. The summed E-state index contributed by atoms with van der Waals surface area (Å²) in [6.45, 7) is 44.1. The SMILES string of the molecule is CC(/C=C(/C)[N-]c1c(C(C)C)cccc1C(C)C)=Nc1c(C(C)C)cccc1C(C)C.CC(/C=C(/C)[N-]c1c(C(C)C)cccc1C(C)C)=Nc1c(C(C)C)cccc1C(C)C.[Mn+2].[Mn+2].[OH-].[OH-]. The first-order valence-corrected chi connectivity index (χ1v) is 23.5. The van der Waals surface area contributed by atoms with Crippen molar-refractivity contribution in [3.63, 3.8) is 0 Å². The van der Waals surface area contributed by atoms with Gasteiger partial charge in [-0.1, -0.05) is 232 Å². The molecule has 0 saturated carbocycles. The number of para-hydroxylation sites is 4. The molecule has 362 valence electrons. The van der Waals surface area contributed by atoms with E-state index in [-0.39, 0.29) is 45.1 Å². The molecule has 0 aliphatic carbocycles. The molecule has 0 spiro atoms. The smallest absolute Gasteiger partial charge is 0.870 e. The van der Waals surface area contributed by atoms with Crippen molar-refractivity contribution in [2.75, 3.05) is 0 Å². The van der Waals surface area contributed by atoms with Crippen LogP contribution < -0.4 is 0 Å². The van der Waals surface area contributed by atoms with Crippen molar-refractivity contribution in [3.05, 3.63) is 151 Å². The molecule has 0 aromatic heterocycles. The van der Waals surface area contributed by atoms with E-state index < -0.39 is 0 Å². The molecule has 0 unspecified atom stereocenters. The number of hydrogen-bond donors (Lipinski definition) is 0. The van der Waals surface area contributed by atoms with Crippen LogP contribution in [0.25, 0.3) is 10.6 Å². The minimum Gasteiger partial charge on any atom is -0.870 e. The molecule has 0 atom stereocenters. The van der Waals surface area contributed by atoms with Gasteiger partial charge in [0.05, 0.1) is 11.4 Å². The Morgan fingerprint density at radius 1 is 0.348 bits per heavy atom. The monoisotopic (exact) mass is 979 g/mol. The standard InChI is InChI=1S/2C29H41N2.2Mn.2H2O/c2*1-18(2)24-13-11-14-25(19(3)4)28(24)30-22(9)17-23(10)31-29-26(20(5)6)15-12-16-27(29)21(7)8;;;;/h2*11-21H,1-10H3;;;2*1H2/q2*-1;2*+2;;/p-2/b2*22-17-,31-23?;;;;. The molecule has 2 radical (unpaired) electrons. The second kappa shape index (κ2) is 29.9.